The number of rotatable bonds is 6. The van der Waals surface area contributed by atoms with Crippen LogP contribution in [0.2, 0.25) is 0 Å². The molecule has 4 aliphatic carbocycles. The first-order valence-electron chi connectivity index (χ1n) is 13.5. The van der Waals surface area contributed by atoms with Crippen LogP contribution in [0.5, 0.6) is 0 Å². The van der Waals surface area contributed by atoms with Gasteiger partial charge in [0.1, 0.15) is 11.9 Å². The number of esters is 1. The minimum Gasteiger partial charge on any atom is -0.458 e. The lowest BCUT2D eigenvalue weighted by Crippen LogP contribution is -2.54. The number of hydrogen-bond acceptors (Lipinski definition) is 3. The van der Waals surface area contributed by atoms with Crippen molar-refractivity contribution in [2.45, 2.75) is 112 Å². The third kappa shape index (κ3) is 4.11. The van der Waals surface area contributed by atoms with Gasteiger partial charge in [0.15, 0.2) is 0 Å². The minimum absolute atomic E-state index is 0.109. The van der Waals surface area contributed by atoms with E-state index < -0.39 is 0 Å². The Bertz CT molecular complexity index is 766. The molecule has 0 aromatic heterocycles. The highest BCUT2D eigenvalue weighted by atomic mass is 16.5. The Kier molecular flexibility index (Phi) is 6.69. The fourth-order valence-corrected chi connectivity index (χ4v) is 8.72. The zero-order chi connectivity index (χ0) is 23.3. The van der Waals surface area contributed by atoms with Gasteiger partial charge in [0.2, 0.25) is 0 Å². The van der Waals surface area contributed by atoms with Gasteiger partial charge in [-0.15, -0.1) is 0 Å². The van der Waals surface area contributed by atoms with Crippen molar-refractivity contribution in [1.29, 1.82) is 0 Å². The number of carbonyl (C=O) groups excluding carboxylic acids is 2. The van der Waals surface area contributed by atoms with Crippen molar-refractivity contribution < 1.29 is 14.3 Å². The Morgan fingerprint density at radius 2 is 1.81 bits per heavy atom. The molecule has 4 aliphatic rings. The molecule has 6 unspecified atom stereocenters. The number of carbonyl (C=O) groups is 2. The highest BCUT2D eigenvalue weighted by Gasteiger charge is 2.61. The monoisotopic (exact) mass is 442 g/mol. The standard InChI is InChI=1S/C29H46O3/c1-18(2)8-7-9-19(3)23-10-11-24-27-25(13-15-29(23,24)6)28(5)14-12-22(32-20(4)30)16-21(28)17-26(27)31/h16,18-19,22-25,27H,7-15,17H2,1-6H3/t19?,22?,23?,24?,25?,27?,28-,29+/m0/s1. The maximum Gasteiger partial charge on any atom is 0.303 e. The Hall–Kier alpha value is -1.12. The Morgan fingerprint density at radius 3 is 2.50 bits per heavy atom. The second-order valence-corrected chi connectivity index (χ2v) is 12.7. The number of ether oxygens (including phenoxy) is 1. The van der Waals surface area contributed by atoms with Gasteiger partial charge in [0.05, 0.1) is 0 Å². The van der Waals surface area contributed by atoms with Crippen LogP contribution in [0, 0.1) is 46.3 Å². The second-order valence-electron chi connectivity index (χ2n) is 12.7. The van der Waals surface area contributed by atoms with Crippen molar-refractivity contribution in [3.8, 4) is 0 Å². The average Bonchev–Trinajstić information content (AvgIpc) is 3.05. The Morgan fingerprint density at radius 1 is 1.06 bits per heavy atom. The predicted octanol–water partition coefficient (Wildman–Crippen LogP) is 7.14. The second kappa shape index (κ2) is 8.91. The first-order chi connectivity index (χ1) is 15.1. The zero-order valence-corrected chi connectivity index (χ0v) is 21.4. The molecule has 0 amide bonds. The lowest BCUT2D eigenvalue weighted by atomic mass is 9.46. The molecule has 0 bridgehead atoms. The van der Waals surface area contributed by atoms with E-state index in [0.29, 0.717) is 29.5 Å². The predicted molar refractivity (Wildman–Crippen MR) is 129 cm³/mol. The van der Waals surface area contributed by atoms with E-state index in [-0.39, 0.29) is 23.4 Å². The highest BCUT2D eigenvalue weighted by molar-refractivity contribution is 5.86. The molecule has 0 spiro atoms. The van der Waals surface area contributed by atoms with Crippen molar-refractivity contribution >= 4 is 11.8 Å². The number of Topliss-reactive ketones (excluding diaryl/α,β-unsaturated/α-hetero) is 1. The van der Waals surface area contributed by atoms with E-state index in [9.17, 15) is 9.59 Å². The average molecular weight is 443 g/mol. The quantitative estimate of drug-likeness (QED) is 0.324. The van der Waals surface area contributed by atoms with Crippen molar-refractivity contribution in [3.05, 3.63) is 11.6 Å². The topological polar surface area (TPSA) is 43.4 Å². The molecule has 0 heterocycles. The molecular weight excluding hydrogens is 396 g/mol. The molecule has 3 nitrogen and oxygen atoms in total. The number of ketones is 1. The minimum atomic E-state index is -0.219. The third-order valence-electron chi connectivity index (χ3n) is 10.4. The molecule has 180 valence electrons. The van der Waals surface area contributed by atoms with E-state index in [1.807, 2.05) is 0 Å². The molecule has 0 aromatic rings. The van der Waals surface area contributed by atoms with Crippen molar-refractivity contribution in [2.75, 3.05) is 0 Å². The van der Waals surface area contributed by atoms with E-state index in [0.717, 1.165) is 30.6 Å². The molecular formula is C29H46O3. The summed E-state index contributed by atoms with van der Waals surface area (Å²) in [5, 5.41) is 0. The summed E-state index contributed by atoms with van der Waals surface area (Å²) >= 11 is 0. The summed E-state index contributed by atoms with van der Waals surface area (Å²) < 4.78 is 5.50. The number of hydrogen-bond donors (Lipinski definition) is 0. The van der Waals surface area contributed by atoms with Gasteiger partial charge in [-0.1, -0.05) is 59.5 Å². The van der Waals surface area contributed by atoms with Crippen LogP contribution in [0.4, 0.5) is 0 Å². The fraction of sp³-hybridized carbons (Fsp3) is 0.862. The first kappa shape index (κ1) is 24.0. The molecule has 3 saturated carbocycles. The van der Waals surface area contributed by atoms with Gasteiger partial charge in [0.25, 0.3) is 0 Å². The summed E-state index contributed by atoms with van der Waals surface area (Å²) in [6, 6.07) is 0. The van der Waals surface area contributed by atoms with Gasteiger partial charge in [-0.25, -0.2) is 0 Å². The van der Waals surface area contributed by atoms with Gasteiger partial charge in [-0.2, -0.15) is 0 Å². The summed E-state index contributed by atoms with van der Waals surface area (Å²) in [5.74, 6) is 3.88. The number of allylic oxidation sites excluding steroid dienone is 1. The zero-order valence-electron chi connectivity index (χ0n) is 21.4. The molecule has 0 aromatic carbocycles. The number of fused-ring (bicyclic) bond motifs is 5. The summed E-state index contributed by atoms with van der Waals surface area (Å²) in [7, 11) is 0. The molecule has 3 fully saturated rings. The van der Waals surface area contributed by atoms with Crippen LogP contribution in [0.3, 0.4) is 0 Å². The van der Waals surface area contributed by atoms with Crippen molar-refractivity contribution in [1.82, 2.24) is 0 Å². The van der Waals surface area contributed by atoms with Gasteiger partial charge in [0, 0.05) is 19.3 Å². The van der Waals surface area contributed by atoms with Gasteiger partial charge in [-0.3, -0.25) is 9.59 Å². The highest BCUT2D eigenvalue weighted by Crippen LogP contribution is 2.67. The van der Waals surface area contributed by atoms with E-state index in [4.69, 9.17) is 4.74 Å². The Labute approximate surface area is 196 Å². The molecule has 0 aliphatic heterocycles. The smallest absolute Gasteiger partial charge is 0.303 e. The summed E-state index contributed by atoms with van der Waals surface area (Å²) in [4.78, 5) is 25.1. The van der Waals surface area contributed by atoms with E-state index in [1.165, 1.54) is 57.4 Å². The third-order valence-corrected chi connectivity index (χ3v) is 10.4. The van der Waals surface area contributed by atoms with Crippen LogP contribution in [0.15, 0.2) is 11.6 Å². The molecule has 8 atom stereocenters. The molecule has 0 N–H and O–H groups in total. The van der Waals surface area contributed by atoms with Crippen LogP contribution >= 0.6 is 0 Å². The van der Waals surface area contributed by atoms with E-state index >= 15 is 0 Å². The van der Waals surface area contributed by atoms with Gasteiger partial charge in [-0.05, 0) is 85.0 Å². The molecule has 4 rings (SSSR count). The Balaban J connectivity index is 1.52. The fourth-order valence-electron chi connectivity index (χ4n) is 8.72. The van der Waals surface area contributed by atoms with E-state index in [2.05, 4.69) is 40.7 Å². The van der Waals surface area contributed by atoms with Crippen LogP contribution in [0.25, 0.3) is 0 Å². The molecule has 0 radical (unpaired) electrons. The van der Waals surface area contributed by atoms with Crippen LogP contribution in [-0.2, 0) is 14.3 Å². The van der Waals surface area contributed by atoms with Crippen molar-refractivity contribution in [3.63, 3.8) is 0 Å². The SMILES string of the molecule is CC(=O)OC1C=C2CC(=O)C3C4CCC(C(C)CCCC(C)C)[C@@]4(C)CCC3[C@@]2(C)CC1. The van der Waals surface area contributed by atoms with Crippen molar-refractivity contribution in [2.24, 2.45) is 46.3 Å². The van der Waals surface area contributed by atoms with Gasteiger partial charge < -0.3 is 4.74 Å². The normalized spacial score (nSPS) is 42.0. The van der Waals surface area contributed by atoms with Gasteiger partial charge >= 0.3 is 5.97 Å². The maximum absolute atomic E-state index is 13.6. The molecule has 3 heteroatoms. The first-order valence-corrected chi connectivity index (χ1v) is 13.5. The largest absolute Gasteiger partial charge is 0.458 e. The van der Waals surface area contributed by atoms with Crippen LogP contribution in [-0.4, -0.2) is 17.9 Å². The maximum atomic E-state index is 13.6. The van der Waals surface area contributed by atoms with Crippen LogP contribution < -0.4 is 0 Å². The molecule has 0 saturated heterocycles. The summed E-state index contributed by atoms with van der Waals surface area (Å²) in [5.41, 5.74) is 1.71. The lowest BCUT2D eigenvalue weighted by molar-refractivity contribution is -0.146. The van der Waals surface area contributed by atoms with E-state index in [1.54, 1.807) is 0 Å². The summed E-state index contributed by atoms with van der Waals surface area (Å²) in [6.07, 6.45) is 13.6. The summed E-state index contributed by atoms with van der Waals surface area (Å²) in [6.45, 7) is 13.6. The molecule has 32 heavy (non-hydrogen) atoms. The lowest BCUT2D eigenvalue weighted by Gasteiger charge is -2.58. The van der Waals surface area contributed by atoms with Crippen LogP contribution in [0.1, 0.15) is 106 Å².